The largest absolute Gasteiger partial charge is 0.374 e. The van der Waals surface area contributed by atoms with Crippen molar-refractivity contribution < 1.29 is 18.9 Å². The molecule has 0 radical (unpaired) electrons. The van der Waals surface area contributed by atoms with Crippen molar-refractivity contribution in [1.82, 2.24) is 0 Å². The summed E-state index contributed by atoms with van der Waals surface area (Å²) in [5.74, 6) is 2.52. The zero-order valence-corrected chi connectivity index (χ0v) is 26.4. The smallest absolute Gasteiger partial charge is 0.136 e. The maximum absolute atomic E-state index is 6.70. The molecule has 1 heterocycles. The Hall–Kier alpha value is -2.50. The lowest BCUT2D eigenvalue weighted by molar-refractivity contribution is -0.209. The van der Waals surface area contributed by atoms with E-state index in [0.29, 0.717) is 34.9 Å². The Morgan fingerprint density at radius 1 is 0.651 bits per heavy atom. The van der Waals surface area contributed by atoms with Gasteiger partial charge in [-0.2, -0.15) is 0 Å². The van der Waals surface area contributed by atoms with E-state index in [9.17, 15) is 0 Å². The number of thioether (sulfide) groups is 1. The minimum absolute atomic E-state index is 0.286. The fourth-order valence-electron chi connectivity index (χ4n) is 4.77. The molecule has 4 aromatic rings. The normalized spacial score (nSPS) is 21.8. The molecule has 43 heavy (non-hydrogen) atoms. The Kier molecular flexibility index (Phi) is 11.9. The number of hydrogen-bond donors (Lipinski definition) is 0. The Morgan fingerprint density at radius 2 is 1.14 bits per heavy atom. The minimum atomic E-state index is -0.484. The molecule has 0 spiro atoms. The molecule has 5 rings (SSSR count). The highest BCUT2D eigenvalue weighted by atomic mass is 35.5. The highest BCUT2D eigenvalue weighted by molar-refractivity contribution is 7.99. The average Bonchev–Trinajstić information content (AvgIpc) is 3.02. The third-order valence-corrected chi connectivity index (χ3v) is 8.93. The average molecular weight is 654 g/mol. The van der Waals surface area contributed by atoms with Gasteiger partial charge in [-0.1, -0.05) is 107 Å². The lowest BCUT2D eigenvalue weighted by Crippen LogP contribution is -2.56. The minimum Gasteiger partial charge on any atom is -0.374 e. The molecule has 4 nitrogen and oxygen atoms in total. The van der Waals surface area contributed by atoms with Gasteiger partial charge in [0.15, 0.2) is 0 Å². The van der Waals surface area contributed by atoms with Crippen molar-refractivity contribution in [2.75, 3.05) is 6.61 Å². The quantitative estimate of drug-likeness (QED) is 0.143. The van der Waals surface area contributed by atoms with E-state index in [0.717, 1.165) is 21.6 Å². The summed E-state index contributed by atoms with van der Waals surface area (Å²) >= 11 is 19.9. The molecular weight excluding hydrogens is 623 g/mol. The second-order valence-electron chi connectivity index (χ2n) is 10.1. The van der Waals surface area contributed by atoms with Crippen LogP contribution < -0.4 is 0 Å². The summed E-state index contributed by atoms with van der Waals surface area (Å²) < 4.78 is 26.0. The van der Waals surface area contributed by atoms with Crippen LogP contribution in [0.2, 0.25) is 15.1 Å². The van der Waals surface area contributed by atoms with Crippen molar-refractivity contribution in [3.05, 3.63) is 135 Å². The Balaban J connectivity index is 1.40. The molecule has 1 aliphatic rings. The van der Waals surface area contributed by atoms with Gasteiger partial charge in [0, 0.05) is 20.0 Å². The van der Waals surface area contributed by atoms with Gasteiger partial charge >= 0.3 is 0 Å². The fraction of sp³-hybridized carbons (Fsp3) is 0.257. The second-order valence-corrected chi connectivity index (χ2v) is 12.6. The van der Waals surface area contributed by atoms with E-state index < -0.39 is 29.7 Å². The van der Waals surface area contributed by atoms with E-state index in [2.05, 4.69) is 5.92 Å². The first kappa shape index (κ1) is 31.9. The first-order valence-corrected chi connectivity index (χ1v) is 15.9. The van der Waals surface area contributed by atoms with E-state index in [1.54, 1.807) is 11.8 Å². The van der Waals surface area contributed by atoms with Gasteiger partial charge in [-0.15, -0.1) is 6.42 Å². The fourth-order valence-corrected chi connectivity index (χ4v) is 6.30. The van der Waals surface area contributed by atoms with Gasteiger partial charge in [0.25, 0.3) is 0 Å². The third kappa shape index (κ3) is 9.25. The molecule has 0 saturated carbocycles. The number of terminal acetylenes is 1. The standard InChI is InChI=1S/C35H31Cl3O4S/c1-2-31-32(23-39-20-24-8-14-27(36)15-9-24)42-35(43-30-6-4-3-5-7-30)34(41-22-26-12-18-29(38)19-13-26)33(31)40-21-25-10-16-28(37)17-11-25/h1,3-19,31-35H,20-23H2/t31-,32-,33+,34-,35+/m1/s1. The zero-order valence-electron chi connectivity index (χ0n) is 23.3. The predicted molar refractivity (Wildman–Crippen MR) is 174 cm³/mol. The Morgan fingerprint density at radius 3 is 1.65 bits per heavy atom. The van der Waals surface area contributed by atoms with Crippen molar-refractivity contribution in [2.24, 2.45) is 5.92 Å². The van der Waals surface area contributed by atoms with E-state index in [1.807, 2.05) is 103 Å². The summed E-state index contributed by atoms with van der Waals surface area (Å²) in [4.78, 5) is 1.05. The first-order chi connectivity index (χ1) is 21.0. The molecule has 0 bridgehead atoms. The van der Waals surface area contributed by atoms with E-state index in [1.165, 1.54) is 0 Å². The van der Waals surface area contributed by atoms with Gasteiger partial charge in [-0.25, -0.2) is 0 Å². The Labute approximate surface area is 272 Å². The van der Waals surface area contributed by atoms with Crippen molar-refractivity contribution in [3.63, 3.8) is 0 Å². The maximum Gasteiger partial charge on any atom is 0.136 e. The summed E-state index contributed by atoms with van der Waals surface area (Å²) in [7, 11) is 0. The molecule has 8 heteroatoms. The van der Waals surface area contributed by atoms with Crippen LogP contribution in [0, 0.1) is 18.3 Å². The van der Waals surface area contributed by atoms with Gasteiger partial charge in [0.1, 0.15) is 17.6 Å². The molecule has 0 aromatic heterocycles. The number of ether oxygens (including phenoxy) is 4. The summed E-state index contributed by atoms with van der Waals surface area (Å²) in [6.07, 6.45) is 4.79. The van der Waals surface area contributed by atoms with Crippen LogP contribution in [0.1, 0.15) is 16.7 Å². The monoisotopic (exact) mass is 652 g/mol. The highest BCUT2D eigenvalue weighted by Gasteiger charge is 2.47. The lowest BCUT2D eigenvalue weighted by atomic mass is 9.90. The van der Waals surface area contributed by atoms with Crippen LogP contribution in [0.5, 0.6) is 0 Å². The molecule has 0 N–H and O–H groups in total. The maximum atomic E-state index is 6.70. The van der Waals surface area contributed by atoms with Crippen molar-refractivity contribution >= 4 is 46.6 Å². The predicted octanol–water partition coefficient (Wildman–Crippen LogP) is 9.10. The first-order valence-electron chi connectivity index (χ1n) is 13.9. The molecule has 0 unspecified atom stereocenters. The van der Waals surface area contributed by atoms with Crippen LogP contribution in [0.15, 0.2) is 108 Å². The lowest BCUT2D eigenvalue weighted by Gasteiger charge is -2.44. The van der Waals surface area contributed by atoms with Crippen molar-refractivity contribution in [1.29, 1.82) is 0 Å². The van der Waals surface area contributed by atoms with Crippen molar-refractivity contribution in [3.8, 4) is 12.3 Å². The van der Waals surface area contributed by atoms with E-state index >= 15 is 0 Å². The van der Waals surface area contributed by atoms with Crippen LogP contribution in [0.3, 0.4) is 0 Å². The van der Waals surface area contributed by atoms with Crippen LogP contribution in [-0.4, -0.2) is 30.4 Å². The van der Waals surface area contributed by atoms with Gasteiger partial charge in [-0.05, 0) is 65.2 Å². The third-order valence-electron chi connectivity index (χ3n) is 7.02. The zero-order chi connectivity index (χ0) is 30.0. The van der Waals surface area contributed by atoms with Crippen LogP contribution in [-0.2, 0) is 38.8 Å². The summed E-state index contributed by atoms with van der Waals surface area (Å²) in [6.45, 7) is 1.36. The molecule has 222 valence electrons. The number of hydrogen-bond acceptors (Lipinski definition) is 5. The number of rotatable bonds is 12. The number of benzene rings is 4. The van der Waals surface area contributed by atoms with Crippen LogP contribution in [0.25, 0.3) is 0 Å². The van der Waals surface area contributed by atoms with Crippen LogP contribution in [0.4, 0.5) is 0 Å². The van der Waals surface area contributed by atoms with Gasteiger partial charge in [-0.3, -0.25) is 0 Å². The van der Waals surface area contributed by atoms with Gasteiger partial charge in [0.05, 0.1) is 38.4 Å². The molecule has 1 fully saturated rings. The summed E-state index contributed by atoms with van der Waals surface area (Å²) in [5, 5.41) is 2.01. The van der Waals surface area contributed by atoms with Crippen LogP contribution >= 0.6 is 46.6 Å². The molecular formula is C35H31Cl3O4S. The van der Waals surface area contributed by atoms with Crippen molar-refractivity contribution in [2.45, 2.75) is 48.5 Å². The van der Waals surface area contributed by atoms with E-state index in [4.69, 9.17) is 60.2 Å². The number of halogens is 3. The highest BCUT2D eigenvalue weighted by Crippen LogP contribution is 2.39. The summed E-state index contributed by atoms with van der Waals surface area (Å²) in [6, 6.07) is 32.8. The van der Waals surface area contributed by atoms with Gasteiger partial charge in [0.2, 0.25) is 0 Å². The van der Waals surface area contributed by atoms with Gasteiger partial charge < -0.3 is 18.9 Å². The second kappa shape index (κ2) is 16.0. The van der Waals surface area contributed by atoms with E-state index in [-0.39, 0.29) is 6.61 Å². The Bertz CT molecular complexity index is 1460. The topological polar surface area (TPSA) is 36.9 Å². The summed E-state index contributed by atoms with van der Waals surface area (Å²) in [5.41, 5.74) is 2.55. The molecule has 1 saturated heterocycles. The SMILES string of the molecule is C#C[C@H]1[C@H](OCc2ccc(Cl)cc2)[C@@H](OCc2ccc(Cl)cc2)[C@H](Sc2ccccc2)O[C@@H]1COCc1ccc(Cl)cc1. The molecule has 4 aromatic carbocycles. The molecule has 1 aliphatic heterocycles. The molecule has 0 aliphatic carbocycles. The molecule has 0 amide bonds. The molecule has 5 atom stereocenters.